The van der Waals surface area contributed by atoms with E-state index in [4.69, 9.17) is 0 Å². The molecule has 2 aromatic rings. The molecule has 1 aromatic carbocycles. The second kappa shape index (κ2) is 4.48. The molecule has 0 aliphatic rings. The maximum Gasteiger partial charge on any atom is 0.194 e. The van der Waals surface area contributed by atoms with Crippen LogP contribution >= 0.6 is 0 Å². The summed E-state index contributed by atoms with van der Waals surface area (Å²) in [7, 11) is 1.76. The van der Waals surface area contributed by atoms with Crippen LogP contribution in [0.4, 0.5) is 18.9 Å². The van der Waals surface area contributed by atoms with Crippen molar-refractivity contribution in [3.05, 3.63) is 47.5 Å². The van der Waals surface area contributed by atoms with E-state index >= 15 is 0 Å². The molecule has 90 valence electrons. The molecule has 2 rings (SSSR count). The second-order valence-electron chi connectivity index (χ2n) is 3.63. The van der Waals surface area contributed by atoms with Gasteiger partial charge in [0.25, 0.3) is 0 Å². The Hall–Kier alpha value is -1.98. The molecule has 0 atom stereocenters. The summed E-state index contributed by atoms with van der Waals surface area (Å²) < 4.78 is 40.1. The Labute approximate surface area is 95.9 Å². The van der Waals surface area contributed by atoms with E-state index in [0.717, 1.165) is 17.7 Å². The van der Waals surface area contributed by atoms with Gasteiger partial charge in [0, 0.05) is 43.2 Å². The Bertz CT molecular complexity index is 514. The summed E-state index contributed by atoms with van der Waals surface area (Å²) in [6.45, 7) is 0.359. The number of rotatable bonds is 3. The van der Waals surface area contributed by atoms with Crippen molar-refractivity contribution in [2.45, 2.75) is 6.54 Å². The molecular formula is C11H10F3N3. The monoisotopic (exact) mass is 241 g/mol. The van der Waals surface area contributed by atoms with Crippen molar-refractivity contribution in [2.24, 2.45) is 7.05 Å². The lowest BCUT2D eigenvalue weighted by molar-refractivity contribution is 0.447. The van der Waals surface area contributed by atoms with E-state index in [9.17, 15) is 13.2 Å². The molecule has 0 radical (unpaired) electrons. The van der Waals surface area contributed by atoms with Crippen molar-refractivity contribution in [2.75, 3.05) is 5.32 Å². The number of benzene rings is 1. The largest absolute Gasteiger partial charge is 0.381 e. The van der Waals surface area contributed by atoms with E-state index < -0.39 is 17.5 Å². The van der Waals surface area contributed by atoms with Gasteiger partial charge in [0.2, 0.25) is 0 Å². The number of nitrogens with zero attached hydrogens (tertiary/aromatic N) is 2. The van der Waals surface area contributed by atoms with Crippen LogP contribution < -0.4 is 5.32 Å². The summed E-state index contributed by atoms with van der Waals surface area (Å²) in [6.07, 6.45) is 3.40. The highest BCUT2D eigenvalue weighted by Crippen LogP contribution is 2.17. The SMILES string of the molecule is Cn1cc(CNc2cc(F)c(F)c(F)c2)cn1. The molecule has 6 heteroatoms. The lowest BCUT2D eigenvalue weighted by atomic mass is 10.2. The van der Waals surface area contributed by atoms with Gasteiger partial charge in [0.05, 0.1) is 6.20 Å². The van der Waals surface area contributed by atoms with Gasteiger partial charge in [-0.05, 0) is 0 Å². The molecule has 0 bridgehead atoms. The smallest absolute Gasteiger partial charge is 0.194 e. The van der Waals surface area contributed by atoms with Crippen LogP contribution in [0.3, 0.4) is 0 Å². The van der Waals surface area contributed by atoms with E-state index in [2.05, 4.69) is 10.4 Å². The molecule has 0 amide bonds. The van der Waals surface area contributed by atoms with Crippen molar-refractivity contribution in [1.82, 2.24) is 9.78 Å². The van der Waals surface area contributed by atoms with Gasteiger partial charge in [-0.25, -0.2) is 13.2 Å². The van der Waals surface area contributed by atoms with Gasteiger partial charge in [-0.3, -0.25) is 4.68 Å². The van der Waals surface area contributed by atoms with Gasteiger partial charge in [-0.1, -0.05) is 0 Å². The number of hydrogen-bond acceptors (Lipinski definition) is 2. The van der Waals surface area contributed by atoms with Crippen molar-refractivity contribution in [3.8, 4) is 0 Å². The number of aryl methyl sites for hydroxylation is 1. The second-order valence-corrected chi connectivity index (χ2v) is 3.63. The van der Waals surface area contributed by atoms with Crippen LogP contribution in [-0.4, -0.2) is 9.78 Å². The minimum Gasteiger partial charge on any atom is -0.381 e. The predicted octanol–water partition coefficient (Wildman–Crippen LogP) is 2.45. The fraction of sp³-hybridized carbons (Fsp3) is 0.182. The lowest BCUT2D eigenvalue weighted by Crippen LogP contribution is -2.01. The first-order valence-electron chi connectivity index (χ1n) is 4.92. The highest BCUT2D eigenvalue weighted by atomic mass is 19.2. The molecule has 0 saturated heterocycles. The molecule has 1 N–H and O–H groups in total. The van der Waals surface area contributed by atoms with Gasteiger partial charge < -0.3 is 5.32 Å². The maximum atomic E-state index is 12.9. The molecule has 3 nitrogen and oxygen atoms in total. The molecule has 17 heavy (non-hydrogen) atoms. The van der Waals surface area contributed by atoms with Gasteiger partial charge in [0.1, 0.15) is 0 Å². The van der Waals surface area contributed by atoms with E-state index in [0.29, 0.717) is 6.54 Å². The van der Waals surface area contributed by atoms with Crippen molar-refractivity contribution in [3.63, 3.8) is 0 Å². The van der Waals surface area contributed by atoms with Crippen LogP contribution in [0.5, 0.6) is 0 Å². The molecular weight excluding hydrogens is 231 g/mol. The first-order valence-corrected chi connectivity index (χ1v) is 4.92. The Morgan fingerprint density at radius 3 is 2.41 bits per heavy atom. The molecule has 1 heterocycles. The molecule has 0 aliphatic carbocycles. The highest BCUT2D eigenvalue weighted by molar-refractivity contribution is 5.44. The first-order chi connectivity index (χ1) is 8.06. The minimum atomic E-state index is -1.46. The van der Waals surface area contributed by atoms with E-state index in [1.165, 1.54) is 0 Å². The lowest BCUT2D eigenvalue weighted by Gasteiger charge is -2.05. The fourth-order valence-corrected chi connectivity index (χ4v) is 1.42. The Morgan fingerprint density at radius 2 is 1.88 bits per heavy atom. The summed E-state index contributed by atoms with van der Waals surface area (Å²) in [5.74, 6) is -3.88. The van der Waals surface area contributed by atoms with Crippen LogP contribution in [0.2, 0.25) is 0 Å². The number of hydrogen-bond donors (Lipinski definition) is 1. The average molecular weight is 241 g/mol. The van der Waals surface area contributed by atoms with Crippen molar-refractivity contribution < 1.29 is 13.2 Å². The highest BCUT2D eigenvalue weighted by Gasteiger charge is 2.10. The zero-order valence-corrected chi connectivity index (χ0v) is 9.04. The quantitative estimate of drug-likeness (QED) is 0.836. The van der Waals surface area contributed by atoms with Crippen LogP contribution in [0.25, 0.3) is 0 Å². The summed E-state index contributed by atoms with van der Waals surface area (Å²) in [6, 6.07) is 1.82. The summed E-state index contributed by atoms with van der Waals surface area (Å²) in [4.78, 5) is 0. The first kappa shape index (κ1) is 11.5. The number of aromatic nitrogens is 2. The van der Waals surface area contributed by atoms with Crippen molar-refractivity contribution in [1.29, 1.82) is 0 Å². The summed E-state index contributed by atoms with van der Waals surface area (Å²) in [5, 5.41) is 6.73. The molecule has 0 fully saturated rings. The van der Waals surface area contributed by atoms with Gasteiger partial charge in [-0.2, -0.15) is 5.10 Å². The standard InChI is InChI=1S/C11H10F3N3/c1-17-6-7(5-16-17)4-15-8-2-9(12)11(14)10(13)3-8/h2-3,5-6,15H,4H2,1H3. The third kappa shape index (κ3) is 2.58. The number of anilines is 1. The molecule has 0 unspecified atom stereocenters. The van der Waals surface area contributed by atoms with E-state index in [1.54, 1.807) is 24.1 Å². The normalized spacial score (nSPS) is 10.6. The molecule has 0 aliphatic heterocycles. The molecule has 0 spiro atoms. The van der Waals surface area contributed by atoms with E-state index in [-0.39, 0.29) is 5.69 Å². The van der Waals surface area contributed by atoms with Crippen molar-refractivity contribution >= 4 is 5.69 Å². The molecule has 1 aromatic heterocycles. The predicted molar refractivity (Wildman–Crippen MR) is 56.9 cm³/mol. The Morgan fingerprint density at radius 1 is 1.24 bits per heavy atom. The third-order valence-corrected chi connectivity index (χ3v) is 2.24. The fourth-order valence-electron chi connectivity index (χ4n) is 1.42. The zero-order valence-electron chi connectivity index (χ0n) is 9.04. The number of nitrogens with one attached hydrogen (secondary N) is 1. The van der Waals surface area contributed by atoms with Crippen LogP contribution in [0.1, 0.15) is 5.56 Å². The van der Waals surface area contributed by atoms with Crippen LogP contribution in [-0.2, 0) is 13.6 Å². The Balaban J connectivity index is 2.09. The maximum absolute atomic E-state index is 12.9. The zero-order chi connectivity index (χ0) is 12.4. The van der Waals surface area contributed by atoms with Gasteiger partial charge >= 0.3 is 0 Å². The third-order valence-electron chi connectivity index (χ3n) is 2.24. The average Bonchev–Trinajstić information content (AvgIpc) is 2.69. The van der Waals surface area contributed by atoms with Crippen LogP contribution in [0.15, 0.2) is 24.5 Å². The van der Waals surface area contributed by atoms with Gasteiger partial charge in [-0.15, -0.1) is 0 Å². The Kier molecular flexibility index (Phi) is 3.03. The molecule has 0 saturated carbocycles. The minimum absolute atomic E-state index is 0.185. The topological polar surface area (TPSA) is 29.9 Å². The van der Waals surface area contributed by atoms with Gasteiger partial charge in [0.15, 0.2) is 17.5 Å². The van der Waals surface area contributed by atoms with Crippen LogP contribution in [0, 0.1) is 17.5 Å². The summed E-state index contributed by atoms with van der Waals surface area (Å²) in [5.41, 5.74) is 1.04. The van der Waals surface area contributed by atoms with E-state index in [1.807, 2.05) is 0 Å². The number of halogens is 3. The summed E-state index contributed by atoms with van der Waals surface area (Å²) >= 11 is 0.